The van der Waals surface area contributed by atoms with Crippen molar-refractivity contribution in [2.45, 2.75) is 70.7 Å². The van der Waals surface area contributed by atoms with Crippen LogP contribution in [0.25, 0.3) is 0 Å². The zero-order chi connectivity index (χ0) is 34.4. The number of ether oxygens (including phenoxy) is 3. The minimum Gasteiger partial charge on any atom is -0.466 e. The van der Waals surface area contributed by atoms with Crippen LogP contribution in [0.5, 0.6) is 0 Å². The molecule has 13 heteroatoms. The van der Waals surface area contributed by atoms with Crippen molar-refractivity contribution in [3.63, 3.8) is 0 Å². The summed E-state index contributed by atoms with van der Waals surface area (Å²) in [5, 5.41) is 14.6. The molecule has 49 heavy (non-hydrogen) atoms. The van der Waals surface area contributed by atoms with Gasteiger partial charge in [0.1, 0.15) is 23.2 Å². The number of aliphatic hydroxyl groups excluding tert-OH is 1. The second-order valence-electron chi connectivity index (χ2n) is 11.6. The molecule has 2 saturated heterocycles. The largest absolute Gasteiger partial charge is 0.466 e. The number of esters is 1. The molecule has 2 atom stereocenters. The Bertz CT molecular complexity index is 1630. The van der Waals surface area contributed by atoms with Crippen LogP contribution >= 0.6 is 22.7 Å². The third-order valence-corrected chi connectivity index (χ3v) is 10.1. The first-order valence-electron chi connectivity index (χ1n) is 16.5. The number of aliphatic hydroxyl groups is 1. The number of nitrogens with zero attached hydrogens (tertiary/aromatic N) is 4. The van der Waals surface area contributed by atoms with E-state index in [1.165, 1.54) is 11.3 Å². The predicted molar refractivity (Wildman–Crippen MR) is 186 cm³/mol. The second kappa shape index (κ2) is 18.4. The van der Waals surface area contributed by atoms with E-state index in [0.717, 1.165) is 52.5 Å². The smallest absolute Gasteiger partial charge is 0.410 e. The zero-order valence-corrected chi connectivity index (χ0v) is 29.2. The SMILES string of the molecule is CCOC(=O)Cc1csc([C@@H]2CCCN2C(=O)OCc2ccccc2)n1.O=C(OCc1ccccc1)N1CCC[C@H]1c1nc(CCO)cs1. The molecule has 2 amide bonds. The maximum Gasteiger partial charge on any atom is 0.410 e. The fourth-order valence-electron chi connectivity index (χ4n) is 5.71. The molecule has 11 nitrogen and oxygen atoms in total. The lowest BCUT2D eigenvalue weighted by atomic mass is 10.2. The molecular weight excluding hydrogens is 665 g/mol. The summed E-state index contributed by atoms with van der Waals surface area (Å²) in [6, 6.07) is 19.2. The molecule has 2 aliphatic rings. The van der Waals surface area contributed by atoms with Crippen LogP contribution in [0.1, 0.15) is 77.2 Å². The third kappa shape index (κ3) is 10.3. The topological polar surface area (TPSA) is 131 Å². The van der Waals surface area contributed by atoms with E-state index in [1.807, 2.05) is 71.4 Å². The van der Waals surface area contributed by atoms with E-state index in [4.69, 9.17) is 19.3 Å². The molecule has 4 aromatic rings. The Morgan fingerprint density at radius 2 is 1.24 bits per heavy atom. The molecule has 2 aromatic carbocycles. The molecule has 1 N–H and O–H groups in total. The number of rotatable bonds is 11. The lowest BCUT2D eigenvalue weighted by Gasteiger charge is -2.22. The molecule has 4 heterocycles. The first kappa shape index (κ1) is 36.0. The molecule has 2 aliphatic heterocycles. The van der Waals surface area contributed by atoms with Crippen molar-refractivity contribution < 1.29 is 33.7 Å². The maximum absolute atomic E-state index is 12.5. The van der Waals surface area contributed by atoms with E-state index in [1.54, 1.807) is 28.1 Å². The van der Waals surface area contributed by atoms with Gasteiger partial charge in [0.15, 0.2) is 0 Å². The molecule has 2 fully saturated rings. The van der Waals surface area contributed by atoms with Crippen molar-refractivity contribution in [3.8, 4) is 0 Å². The van der Waals surface area contributed by atoms with Gasteiger partial charge in [-0.15, -0.1) is 22.7 Å². The first-order valence-corrected chi connectivity index (χ1v) is 18.3. The van der Waals surface area contributed by atoms with Crippen LogP contribution < -0.4 is 0 Å². The van der Waals surface area contributed by atoms with Crippen LogP contribution in [-0.2, 0) is 45.1 Å². The molecule has 0 unspecified atom stereocenters. The number of carbonyl (C=O) groups excluding carboxylic acids is 3. The van der Waals surface area contributed by atoms with Gasteiger partial charge in [0.2, 0.25) is 0 Å². The van der Waals surface area contributed by atoms with Crippen molar-refractivity contribution in [2.75, 3.05) is 26.3 Å². The van der Waals surface area contributed by atoms with Gasteiger partial charge in [0.05, 0.1) is 36.5 Å². The van der Waals surface area contributed by atoms with E-state index < -0.39 is 0 Å². The number of benzene rings is 2. The van der Waals surface area contributed by atoms with Crippen LogP contribution in [-0.4, -0.2) is 69.3 Å². The molecule has 6 rings (SSSR count). The molecular formula is C36H42N4O7S2. The Hall–Kier alpha value is -4.33. The summed E-state index contributed by atoms with van der Waals surface area (Å²) < 4.78 is 15.9. The molecule has 0 spiro atoms. The van der Waals surface area contributed by atoms with Crippen LogP contribution in [0, 0.1) is 0 Å². The maximum atomic E-state index is 12.5. The number of amides is 2. The minimum absolute atomic E-state index is 0.00397. The van der Waals surface area contributed by atoms with Gasteiger partial charge < -0.3 is 19.3 Å². The molecule has 0 saturated carbocycles. The lowest BCUT2D eigenvalue weighted by Crippen LogP contribution is -2.31. The van der Waals surface area contributed by atoms with Gasteiger partial charge in [-0.2, -0.15) is 0 Å². The Morgan fingerprint density at radius 3 is 1.73 bits per heavy atom. The van der Waals surface area contributed by atoms with Gasteiger partial charge >= 0.3 is 18.2 Å². The van der Waals surface area contributed by atoms with Crippen molar-refractivity contribution in [2.24, 2.45) is 0 Å². The Morgan fingerprint density at radius 1 is 0.755 bits per heavy atom. The highest BCUT2D eigenvalue weighted by molar-refractivity contribution is 7.10. The van der Waals surface area contributed by atoms with E-state index in [0.29, 0.717) is 31.8 Å². The van der Waals surface area contributed by atoms with Crippen LogP contribution in [0.15, 0.2) is 71.4 Å². The highest BCUT2D eigenvalue weighted by Gasteiger charge is 2.34. The number of likely N-dealkylation sites (tertiary alicyclic amines) is 2. The minimum atomic E-state index is -0.321. The van der Waals surface area contributed by atoms with E-state index in [-0.39, 0.29) is 56.5 Å². The molecule has 260 valence electrons. The summed E-state index contributed by atoms with van der Waals surface area (Å²) in [7, 11) is 0. The van der Waals surface area contributed by atoms with Gasteiger partial charge in [0.25, 0.3) is 0 Å². The number of aromatic nitrogens is 2. The highest BCUT2D eigenvalue weighted by atomic mass is 32.1. The van der Waals surface area contributed by atoms with Crippen molar-refractivity contribution in [1.29, 1.82) is 0 Å². The molecule has 0 radical (unpaired) electrons. The number of carbonyl (C=O) groups is 3. The summed E-state index contributed by atoms with van der Waals surface area (Å²) in [6.45, 7) is 4.14. The highest BCUT2D eigenvalue weighted by Crippen LogP contribution is 2.35. The van der Waals surface area contributed by atoms with Crippen molar-refractivity contribution >= 4 is 40.8 Å². The van der Waals surface area contributed by atoms with Crippen molar-refractivity contribution in [1.82, 2.24) is 19.8 Å². The predicted octanol–water partition coefficient (Wildman–Crippen LogP) is 6.87. The average molecular weight is 707 g/mol. The number of hydrogen-bond acceptors (Lipinski definition) is 11. The van der Waals surface area contributed by atoms with E-state index >= 15 is 0 Å². The summed E-state index contributed by atoms with van der Waals surface area (Å²) in [6.07, 6.45) is 3.75. The second-order valence-corrected chi connectivity index (χ2v) is 13.4. The van der Waals surface area contributed by atoms with Crippen LogP contribution in [0.3, 0.4) is 0 Å². The lowest BCUT2D eigenvalue weighted by molar-refractivity contribution is -0.142. The molecule has 0 bridgehead atoms. The van der Waals surface area contributed by atoms with Gasteiger partial charge in [-0.25, -0.2) is 19.6 Å². The van der Waals surface area contributed by atoms with Gasteiger partial charge in [-0.3, -0.25) is 14.6 Å². The summed E-state index contributed by atoms with van der Waals surface area (Å²) >= 11 is 3.02. The fraction of sp³-hybridized carbons (Fsp3) is 0.417. The zero-order valence-electron chi connectivity index (χ0n) is 27.6. The summed E-state index contributed by atoms with van der Waals surface area (Å²) in [5.74, 6) is -0.283. The Balaban J connectivity index is 0.000000192. The first-order chi connectivity index (χ1) is 23.9. The van der Waals surface area contributed by atoms with E-state index in [2.05, 4.69) is 9.97 Å². The molecule has 0 aliphatic carbocycles. The third-order valence-electron chi connectivity index (χ3n) is 8.09. The average Bonchev–Trinajstić information content (AvgIpc) is 3.95. The van der Waals surface area contributed by atoms with Gasteiger partial charge in [0, 0.05) is 36.9 Å². The van der Waals surface area contributed by atoms with E-state index in [9.17, 15) is 14.4 Å². The van der Waals surface area contributed by atoms with Gasteiger partial charge in [-0.05, 0) is 43.7 Å². The molecule has 2 aromatic heterocycles. The monoisotopic (exact) mass is 706 g/mol. The Kier molecular flexibility index (Phi) is 13.5. The Labute approximate surface area is 294 Å². The van der Waals surface area contributed by atoms with Crippen molar-refractivity contribution in [3.05, 3.63) is 104 Å². The number of thiazole rings is 2. The van der Waals surface area contributed by atoms with Crippen LogP contribution in [0.4, 0.5) is 9.59 Å². The van der Waals surface area contributed by atoms with Gasteiger partial charge in [-0.1, -0.05) is 60.7 Å². The number of hydrogen-bond donors (Lipinski definition) is 1. The van der Waals surface area contributed by atoms with Crippen LogP contribution in [0.2, 0.25) is 0 Å². The summed E-state index contributed by atoms with van der Waals surface area (Å²) in [5.41, 5.74) is 3.52. The normalized spacial score (nSPS) is 16.9. The fourth-order valence-corrected chi connectivity index (χ4v) is 7.67. The summed E-state index contributed by atoms with van der Waals surface area (Å²) in [4.78, 5) is 49.0. The quantitative estimate of drug-likeness (QED) is 0.131. The standard InChI is InChI=1S/C19H22N2O4S.C17H20N2O3S/c1-2-24-17(22)11-15-13-26-18(20-15)16-9-6-10-21(16)19(23)25-12-14-7-4-3-5-8-14;20-10-8-14-12-23-16(18-14)15-7-4-9-19(15)17(21)22-11-13-5-2-1-3-6-13/h3-5,7-8,13,16H,2,6,9-12H2,1H3;1-3,5-6,12,15,20H,4,7-11H2/t16-;15-/m00/s1.